The molecule has 0 radical (unpaired) electrons. The number of para-hydroxylation sites is 1. The Labute approximate surface area is 188 Å². The summed E-state index contributed by atoms with van der Waals surface area (Å²) in [4.78, 5) is 28.4. The third kappa shape index (κ3) is 3.46. The lowest BCUT2D eigenvalue weighted by atomic mass is 9.98. The van der Waals surface area contributed by atoms with Gasteiger partial charge in [-0.2, -0.15) is 0 Å². The molecule has 4 aromatic rings. The van der Waals surface area contributed by atoms with E-state index < -0.39 is 11.9 Å². The Bertz CT molecular complexity index is 1350. The molecule has 2 aromatic heterocycles. The highest BCUT2D eigenvalue weighted by molar-refractivity contribution is 7.13. The number of anilines is 1. The Morgan fingerprint density at radius 3 is 2.78 bits per heavy atom. The van der Waals surface area contributed by atoms with E-state index in [-0.39, 0.29) is 11.2 Å². The van der Waals surface area contributed by atoms with Crippen molar-refractivity contribution in [3.8, 4) is 5.75 Å². The molecule has 0 bridgehead atoms. The highest BCUT2D eigenvalue weighted by Gasteiger charge is 2.45. The van der Waals surface area contributed by atoms with Gasteiger partial charge in [-0.05, 0) is 42.2 Å². The molecule has 0 saturated carbocycles. The maximum Gasteiger partial charge on any atom is 0.297 e. The lowest BCUT2D eigenvalue weighted by Gasteiger charge is -2.22. The molecule has 0 aliphatic carbocycles. The van der Waals surface area contributed by atoms with E-state index in [1.165, 1.54) is 16.2 Å². The van der Waals surface area contributed by atoms with Crippen LogP contribution in [0.25, 0.3) is 11.0 Å². The predicted molar refractivity (Wildman–Crippen MR) is 122 cm³/mol. The Morgan fingerprint density at radius 2 is 2.00 bits per heavy atom. The number of carbonyl (C=O) groups excluding carboxylic acids is 1. The molecule has 1 amide bonds. The Hall–Kier alpha value is -3.52. The number of fused-ring (bicyclic) bond motifs is 2. The number of rotatable bonds is 6. The van der Waals surface area contributed by atoms with Crippen LogP contribution in [0.15, 0.2) is 63.3 Å². The van der Waals surface area contributed by atoms with Crippen molar-refractivity contribution in [3.63, 3.8) is 0 Å². The first kappa shape index (κ1) is 20.4. The highest BCUT2D eigenvalue weighted by atomic mass is 32.1. The van der Waals surface area contributed by atoms with Gasteiger partial charge in [0.15, 0.2) is 5.43 Å². The van der Waals surface area contributed by atoms with Crippen LogP contribution in [-0.4, -0.2) is 22.7 Å². The van der Waals surface area contributed by atoms with Gasteiger partial charge in [-0.25, -0.2) is 0 Å². The number of carbonyl (C=O) groups is 1. The van der Waals surface area contributed by atoms with Gasteiger partial charge >= 0.3 is 0 Å². The van der Waals surface area contributed by atoms with E-state index in [0.717, 1.165) is 12.0 Å². The quantitative estimate of drug-likeness (QED) is 0.421. The summed E-state index contributed by atoms with van der Waals surface area (Å²) >= 11 is 1.23. The zero-order valence-electron chi connectivity index (χ0n) is 17.6. The van der Waals surface area contributed by atoms with E-state index in [2.05, 4.69) is 24.0 Å². The van der Waals surface area contributed by atoms with Gasteiger partial charge < -0.3 is 9.15 Å². The Morgan fingerprint density at radius 1 is 1.16 bits per heavy atom. The maximum absolute atomic E-state index is 13.5. The molecule has 162 valence electrons. The molecular weight excluding hydrogens is 426 g/mol. The third-order valence-corrected chi connectivity index (χ3v) is 6.16. The fourth-order valence-electron chi connectivity index (χ4n) is 3.89. The number of hydrogen-bond donors (Lipinski definition) is 0. The van der Waals surface area contributed by atoms with Crippen LogP contribution < -0.4 is 15.1 Å². The van der Waals surface area contributed by atoms with Crippen molar-refractivity contribution in [1.29, 1.82) is 0 Å². The first-order chi connectivity index (χ1) is 15.5. The van der Waals surface area contributed by atoms with Crippen LogP contribution in [0.2, 0.25) is 0 Å². The molecule has 3 heterocycles. The summed E-state index contributed by atoms with van der Waals surface area (Å²) in [5.41, 5.74) is 2.77. The van der Waals surface area contributed by atoms with Crippen molar-refractivity contribution in [3.05, 3.63) is 81.2 Å². The third-order valence-electron chi connectivity index (χ3n) is 5.47. The summed E-state index contributed by atoms with van der Waals surface area (Å²) in [6, 6.07) is 13.8. The smallest absolute Gasteiger partial charge is 0.297 e. The van der Waals surface area contributed by atoms with Gasteiger partial charge in [0.05, 0.1) is 23.6 Å². The van der Waals surface area contributed by atoms with Crippen LogP contribution in [-0.2, 0) is 0 Å². The molecule has 1 atom stereocenters. The molecule has 0 N–H and O–H groups in total. The molecule has 32 heavy (non-hydrogen) atoms. The van der Waals surface area contributed by atoms with Gasteiger partial charge in [0.25, 0.3) is 5.91 Å². The molecule has 7 nitrogen and oxygen atoms in total. The van der Waals surface area contributed by atoms with Gasteiger partial charge in [0, 0.05) is 0 Å². The van der Waals surface area contributed by atoms with Gasteiger partial charge in [-0.15, -0.1) is 10.2 Å². The van der Waals surface area contributed by atoms with Crippen LogP contribution in [0, 0.1) is 5.92 Å². The minimum Gasteiger partial charge on any atom is -0.494 e. The van der Waals surface area contributed by atoms with Gasteiger partial charge in [0.1, 0.15) is 16.8 Å². The predicted octanol–water partition coefficient (Wildman–Crippen LogP) is 4.82. The average Bonchev–Trinajstić information content (AvgIpc) is 3.41. The fourth-order valence-corrected chi connectivity index (χ4v) is 4.48. The van der Waals surface area contributed by atoms with Crippen molar-refractivity contribution >= 4 is 33.3 Å². The summed E-state index contributed by atoms with van der Waals surface area (Å²) in [6.07, 6.45) is 0.932. The van der Waals surface area contributed by atoms with Crippen LogP contribution in [0.3, 0.4) is 0 Å². The zero-order valence-corrected chi connectivity index (χ0v) is 18.5. The van der Waals surface area contributed by atoms with E-state index in [1.807, 2.05) is 24.3 Å². The Balaban J connectivity index is 1.66. The number of amides is 1. The summed E-state index contributed by atoms with van der Waals surface area (Å²) < 4.78 is 11.9. The second-order valence-corrected chi connectivity index (χ2v) is 8.88. The first-order valence-corrected chi connectivity index (χ1v) is 11.3. The monoisotopic (exact) mass is 447 g/mol. The van der Waals surface area contributed by atoms with E-state index >= 15 is 0 Å². The molecule has 1 aliphatic rings. The minimum atomic E-state index is -0.681. The molecule has 0 fully saturated rings. The second-order valence-electron chi connectivity index (χ2n) is 8.07. The summed E-state index contributed by atoms with van der Waals surface area (Å²) in [6.45, 7) is 4.88. The van der Waals surface area contributed by atoms with Crippen molar-refractivity contribution in [1.82, 2.24) is 10.2 Å². The van der Waals surface area contributed by atoms with Gasteiger partial charge in [0.2, 0.25) is 10.9 Å². The molecule has 0 saturated heterocycles. The number of aromatic nitrogens is 2. The van der Waals surface area contributed by atoms with Crippen LogP contribution in [0.5, 0.6) is 5.75 Å². The number of ether oxygens (including phenoxy) is 1. The van der Waals surface area contributed by atoms with Crippen molar-refractivity contribution < 1.29 is 13.9 Å². The van der Waals surface area contributed by atoms with Crippen LogP contribution in [0.4, 0.5) is 5.13 Å². The molecule has 8 heteroatoms. The number of nitrogens with zero attached hydrogens (tertiary/aromatic N) is 3. The minimum absolute atomic E-state index is 0.0417. The summed E-state index contributed by atoms with van der Waals surface area (Å²) in [7, 11) is 0. The van der Waals surface area contributed by atoms with Crippen molar-refractivity contribution in [2.45, 2.75) is 26.3 Å². The van der Waals surface area contributed by atoms with E-state index in [9.17, 15) is 9.59 Å². The zero-order chi connectivity index (χ0) is 22.2. The SMILES string of the molecule is CC(C)CCOc1cccc([C@@H]2c3c(oc4ccccc4c3=O)C(=O)N2c2nncs2)c1. The Kier molecular flexibility index (Phi) is 5.22. The second kappa shape index (κ2) is 8.20. The highest BCUT2D eigenvalue weighted by Crippen LogP contribution is 2.42. The van der Waals surface area contributed by atoms with Crippen molar-refractivity contribution in [2.24, 2.45) is 5.92 Å². The fraction of sp³-hybridized carbons (Fsp3) is 0.250. The van der Waals surface area contributed by atoms with Gasteiger partial charge in [-0.3, -0.25) is 14.5 Å². The molecule has 1 aliphatic heterocycles. The van der Waals surface area contributed by atoms with Crippen molar-refractivity contribution in [2.75, 3.05) is 11.5 Å². The van der Waals surface area contributed by atoms with E-state index in [1.54, 1.807) is 29.8 Å². The van der Waals surface area contributed by atoms with Crippen LogP contribution in [0.1, 0.15) is 48.0 Å². The largest absolute Gasteiger partial charge is 0.494 e. The topological polar surface area (TPSA) is 85.5 Å². The molecule has 2 aromatic carbocycles. The standard InChI is InChI=1S/C24H21N3O4S/c1-14(2)10-11-30-16-7-5-6-15(12-16)20-19-21(28)17-8-3-4-9-18(17)31-22(19)23(29)27(20)24-26-25-13-32-24/h3-9,12-14,20H,10-11H2,1-2H3/t20-/m1/s1. The number of hydrogen-bond acceptors (Lipinski definition) is 7. The summed E-state index contributed by atoms with van der Waals surface area (Å²) in [5.74, 6) is 0.852. The molecule has 5 rings (SSSR count). The van der Waals surface area contributed by atoms with E-state index in [0.29, 0.717) is 39.9 Å². The van der Waals surface area contributed by atoms with Gasteiger partial charge in [-0.1, -0.05) is 49.4 Å². The normalized spacial score (nSPS) is 15.5. The lowest BCUT2D eigenvalue weighted by molar-refractivity contribution is 0.0970. The molecular formula is C24H21N3O4S. The molecule has 0 unspecified atom stereocenters. The first-order valence-electron chi connectivity index (χ1n) is 10.4. The summed E-state index contributed by atoms with van der Waals surface area (Å²) in [5, 5.41) is 8.82. The maximum atomic E-state index is 13.5. The lowest BCUT2D eigenvalue weighted by Crippen LogP contribution is -2.29. The number of benzene rings is 2. The van der Waals surface area contributed by atoms with Crippen LogP contribution >= 0.6 is 11.3 Å². The molecule has 0 spiro atoms. The average molecular weight is 448 g/mol. The van der Waals surface area contributed by atoms with E-state index in [4.69, 9.17) is 9.15 Å².